The van der Waals surface area contributed by atoms with Crippen molar-refractivity contribution in [2.24, 2.45) is 5.73 Å². The molecule has 5 heteroatoms. The van der Waals surface area contributed by atoms with Gasteiger partial charge < -0.3 is 10.8 Å². The number of halogens is 1. The van der Waals surface area contributed by atoms with Gasteiger partial charge in [-0.05, 0) is 43.2 Å². The highest BCUT2D eigenvalue weighted by Gasteiger charge is 2.09. The smallest absolute Gasteiger partial charge is 0.115 e. The number of phenols is 1. The zero-order chi connectivity index (χ0) is 11.5. The van der Waals surface area contributed by atoms with Gasteiger partial charge in [0, 0.05) is 11.6 Å². The molecule has 1 atom stereocenters. The minimum Gasteiger partial charge on any atom is -0.508 e. The second-order valence-corrected chi connectivity index (χ2v) is 4.00. The van der Waals surface area contributed by atoms with Crippen LogP contribution in [0.4, 0.5) is 0 Å². The Morgan fingerprint density at radius 2 is 2.00 bits per heavy atom. The maximum Gasteiger partial charge on any atom is 0.115 e. The Morgan fingerprint density at radius 1 is 1.35 bits per heavy atom. The minimum absolute atomic E-state index is 0. The lowest BCUT2D eigenvalue weighted by atomic mass is 10.0. The van der Waals surface area contributed by atoms with Gasteiger partial charge in [-0.2, -0.15) is 5.10 Å². The molecule has 0 amide bonds. The first kappa shape index (κ1) is 13.5. The number of nitrogens with two attached hydrogens (primary N) is 1. The van der Waals surface area contributed by atoms with E-state index in [0.717, 1.165) is 23.2 Å². The molecule has 1 aromatic carbocycles. The van der Waals surface area contributed by atoms with E-state index in [1.54, 1.807) is 18.3 Å². The highest BCUT2D eigenvalue weighted by atomic mass is 35.5. The second kappa shape index (κ2) is 5.70. The van der Waals surface area contributed by atoms with Crippen molar-refractivity contribution in [3.63, 3.8) is 0 Å². The number of H-pyrrole nitrogens is 1. The van der Waals surface area contributed by atoms with Gasteiger partial charge in [0.1, 0.15) is 5.75 Å². The molecular formula is C12H16ClN3O. The average Bonchev–Trinajstić information content (AvgIpc) is 2.66. The van der Waals surface area contributed by atoms with Crippen molar-refractivity contribution in [3.8, 4) is 17.0 Å². The molecule has 17 heavy (non-hydrogen) atoms. The van der Waals surface area contributed by atoms with Gasteiger partial charge in [0.05, 0.1) is 11.9 Å². The maximum absolute atomic E-state index is 9.22. The SMILES string of the molecule is CC(N)Cc1cn[nH]c1-c1ccc(O)cc1.Cl. The van der Waals surface area contributed by atoms with Crippen LogP contribution in [0, 0.1) is 0 Å². The summed E-state index contributed by atoms with van der Waals surface area (Å²) >= 11 is 0. The van der Waals surface area contributed by atoms with Gasteiger partial charge in [0.25, 0.3) is 0 Å². The van der Waals surface area contributed by atoms with Gasteiger partial charge in [-0.1, -0.05) is 0 Å². The van der Waals surface area contributed by atoms with Crippen LogP contribution in [-0.4, -0.2) is 21.3 Å². The number of phenolic OH excluding ortho intramolecular Hbond substituents is 1. The van der Waals surface area contributed by atoms with Crippen LogP contribution in [-0.2, 0) is 6.42 Å². The fourth-order valence-corrected chi connectivity index (χ4v) is 1.69. The van der Waals surface area contributed by atoms with Crippen LogP contribution in [0.25, 0.3) is 11.3 Å². The molecule has 0 spiro atoms. The zero-order valence-corrected chi connectivity index (χ0v) is 10.4. The Balaban J connectivity index is 0.00000144. The van der Waals surface area contributed by atoms with E-state index in [-0.39, 0.29) is 24.2 Å². The van der Waals surface area contributed by atoms with Gasteiger partial charge in [-0.3, -0.25) is 5.10 Å². The van der Waals surface area contributed by atoms with Crippen molar-refractivity contribution < 1.29 is 5.11 Å². The monoisotopic (exact) mass is 253 g/mol. The molecule has 0 aliphatic carbocycles. The van der Waals surface area contributed by atoms with Crippen molar-refractivity contribution in [1.29, 1.82) is 0 Å². The highest BCUT2D eigenvalue weighted by molar-refractivity contribution is 5.85. The molecule has 0 radical (unpaired) electrons. The lowest BCUT2D eigenvalue weighted by Gasteiger charge is -2.06. The quantitative estimate of drug-likeness (QED) is 0.784. The molecule has 2 rings (SSSR count). The van der Waals surface area contributed by atoms with E-state index < -0.39 is 0 Å². The van der Waals surface area contributed by atoms with Crippen molar-refractivity contribution in [3.05, 3.63) is 36.0 Å². The lowest BCUT2D eigenvalue weighted by Crippen LogP contribution is -2.17. The molecule has 0 fully saturated rings. The number of nitrogens with one attached hydrogen (secondary N) is 1. The first-order valence-corrected chi connectivity index (χ1v) is 5.24. The molecule has 1 heterocycles. The van der Waals surface area contributed by atoms with E-state index in [1.807, 2.05) is 19.1 Å². The predicted molar refractivity (Wildman–Crippen MR) is 70.3 cm³/mol. The number of rotatable bonds is 3. The van der Waals surface area contributed by atoms with Crippen LogP contribution in [0.3, 0.4) is 0 Å². The van der Waals surface area contributed by atoms with Crippen LogP contribution >= 0.6 is 12.4 Å². The summed E-state index contributed by atoms with van der Waals surface area (Å²) in [5.74, 6) is 0.261. The summed E-state index contributed by atoms with van der Waals surface area (Å²) in [6.07, 6.45) is 2.58. The third-order valence-electron chi connectivity index (χ3n) is 2.42. The summed E-state index contributed by atoms with van der Waals surface area (Å²) in [7, 11) is 0. The Bertz CT molecular complexity index is 465. The molecule has 1 unspecified atom stereocenters. The molecule has 4 nitrogen and oxygen atoms in total. The summed E-state index contributed by atoms with van der Waals surface area (Å²) < 4.78 is 0. The number of hydrogen-bond acceptors (Lipinski definition) is 3. The molecule has 0 saturated carbocycles. The van der Waals surface area contributed by atoms with E-state index in [1.165, 1.54) is 0 Å². The number of aromatic hydroxyl groups is 1. The van der Waals surface area contributed by atoms with Crippen LogP contribution in [0.2, 0.25) is 0 Å². The molecule has 0 aliphatic heterocycles. The van der Waals surface area contributed by atoms with Crippen molar-refractivity contribution in [2.75, 3.05) is 0 Å². The molecular weight excluding hydrogens is 238 g/mol. The highest BCUT2D eigenvalue weighted by Crippen LogP contribution is 2.23. The standard InChI is InChI=1S/C12H15N3O.ClH/c1-8(13)6-10-7-14-15-12(10)9-2-4-11(16)5-3-9;/h2-5,7-8,16H,6,13H2,1H3,(H,14,15);1H. The Kier molecular flexibility index (Phi) is 4.54. The van der Waals surface area contributed by atoms with E-state index in [9.17, 15) is 5.11 Å². The van der Waals surface area contributed by atoms with E-state index in [0.29, 0.717) is 0 Å². The maximum atomic E-state index is 9.22. The van der Waals surface area contributed by atoms with Gasteiger partial charge >= 0.3 is 0 Å². The van der Waals surface area contributed by atoms with Crippen LogP contribution in [0.5, 0.6) is 5.75 Å². The first-order chi connectivity index (χ1) is 7.66. The topological polar surface area (TPSA) is 74.9 Å². The fourth-order valence-electron chi connectivity index (χ4n) is 1.69. The Labute approximate surface area is 106 Å². The Hall–Kier alpha value is -1.52. The summed E-state index contributed by atoms with van der Waals surface area (Å²) in [5.41, 5.74) is 8.85. The molecule has 2 aromatic rings. The van der Waals surface area contributed by atoms with Crippen LogP contribution in [0.15, 0.2) is 30.5 Å². The van der Waals surface area contributed by atoms with Crippen LogP contribution < -0.4 is 5.73 Å². The minimum atomic E-state index is 0. The molecule has 4 N–H and O–H groups in total. The molecule has 0 saturated heterocycles. The average molecular weight is 254 g/mol. The van der Waals surface area contributed by atoms with Gasteiger partial charge in [0.15, 0.2) is 0 Å². The van der Waals surface area contributed by atoms with Crippen LogP contribution in [0.1, 0.15) is 12.5 Å². The fraction of sp³-hybridized carbons (Fsp3) is 0.250. The number of benzene rings is 1. The number of nitrogens with zero attached hydrogens (tertiary/aromatic N) is 1. The third kappa shape index (κ3) is 3.22. The molecule has 0 bridgehead atoms. The first-order valence-electron chi connectivity index (χ1n) is 5.24. The lowest BCUT2D eigenvalue weighted by molar-refractivity contribution is 0.475. The van der Waals surface area contributed by atoms with E-state index in [4.69, 9.17) is 5.73 Å². The molecule has 0 aliphatic rings. The van der Waals surface area contributed by atoms with E-state index in [2.05, 4.69) is 10.2 Å². The number of aromatic amines is 1. The third-order valence-corrected chi connectivity index (χ3v) is 2.42. The van der Waals surface area contributed by atoms with Gasteiger partial charge in [0.2, 0.25) is 0 Å². The number of aromatic nitrogens is 2. The summed E-state index contributed by atoms with van der Waals surface area (Å²) in [6, 6.07) is 7.13. The summed E-state index contributed by atoms with van der Waals surface area (Å²) in [4.78, 5) is 0. The van der Waals surface area contributed by atoms with Crippen molar-refractivity contribution >= 4 is 12.4 Å². The van der Waals surface area contributed by atoms with Crippen molar-refractivity contribution in [1.82, 2.24) is 10.2 Å². The van der Waals surface area contributed by atoms with Crippen molar-refractivity contribution in [2.45, 2.75) is 19.4 Å². The predicted octanol–water partition coefficient (Wildman–Crippen LogP) is 2.09. The second-order valence-electron chi connectivity index (χ2n) is 4.00. The summed E-state index contributed by atoms with van der Waals surface area (Å²) in [5, 5.41) is 16.2. The Morgan fingerprint density at radius 3 is 2.59 bits per heavy atom. The summed E-state index contributed by atoms with van der Waals surface area (Å²) in [6.45, 7) is 1.97. The normalized spacial score (nSPS) is 11.9. The molecule has 1 aromatic heterocycles. The molecule has 92 valence electrons. The number of hydrogen-bond donors (Lipinski definition) is 3. The van der Waals surface area contributed by atoms with Gasteiger partial charge in [-0.25, -0.2) is 0 Å². The van der Waals surface area contributed by atoms with Gasteiger partial charge in [-0.15, -0.1) is 12.4 Å². The van der Waals surface area contributed by atoms with E-state index >= 15 is 0 Å². The largest absolute Gasteiger partial charge is 0.508 e. The zero-order valence-electron chi connectivity index (χ0n) is 9.55.